The Labute approximate surface area is 71.5 Å². The molecule has 0 N–H and O–H groups in total. The van der Waals surface area contributed by atoms with Crippen molar-refractivity contribution in [1.82, 2.24) is 0 Å². The number of hydrogen-bond acceptors (Lipinski definition) is 3. The van der Waals surface area contributed by atoms with Gasteiger partial charge in [-0.3, -0.25) is 4.65 Å². The van der Waals surface area contributed by atoms with Crippen LogP contribution in [0.15, 0.2) is 0 Å². The zero-order valence-corrected chi connectivity index (χ0v) is 7.45. The maximum atomic E-state index is 11.5. The summed E-state index contributed by atoms with van der Waals surface area (Å²) in [5.74, 6) is -0.394. The molecular formula is C7H14N2O3. The summed E-state index contributed by atoms with van der Waals surface area (Å²) < 4.78 is -1.22. The normalized spacial score (nSPS) is 42.7. The molecule has 5 heteroatoms. The van der Waals surface area contributed by atoms with Crippen LogP contribution in [-0.2, 0) is 4.79 Å². The Morgan fingerprint density at radius 1 is 1.17 bits per heavy atom. The molecule has 0 saturated carbocycles. The lowest BCUT2D eigenvalue weighted by Gasteiger charge is -2.50. The van der Waals surface area contributed by atoms with Crippen LogP contribution in [0.5, 0.6) is 0 Å². The molecule has 1 saturated heterocycles. The molecule has 1 fully saturated rings. The van der Waals surface area contributed by atoms with Gasteiger partial charge in [-0.25, -0.2) is 4.79 Å². The van der Waals surface area contributed by atoms with E-state index in [-0.39, 0.29) is 26.2 Å². The molecule has 1 aliphatic heterocycles. The minimum atomic E-state index is -0.823. The van der Waals surface area contributed by atoms with Crippen LogP contribution in [0.1, 0.15) is 6.92 Å². The van der Waals surface area contributed by atoms with Gasteiger partial charge < -0.3 is 15.1 Å². The first-order valence-corrected chi connectivity index (χ1v) is 4.01. The largest absolute Gasteiger partial charge is 0.633 e. The van der Waals surface area contributed by atoms with Gasteiger partial charge in [0.25, 0.3) is 0 Å². The summed E-state index contributed by atoms with van der Waals surface area (Å²) in [6, 6.07) is 0. The standard InChI is InChI=1S/C7H14N2O3/c1-7(10)9(12)5-3-8(2,11)4-6-9/h3-6H2,1-2H3. The van der Waals surface area contributed by atoms with Crippen LogP contribution in [-0.4, -0.2) is 48.4 Å². The Hall–Kier alpha value is -0.490. The monoisotopic (exact) mass is 174 g/mol. The van der Waals surface area contributed by atoms with Crippen LogP contribution in [0.2, 0.25) is 0 Å². The van der Waals surface area contributed by atoms with Gasteiger partial charge in [0, 0.05) is 0 Å². The summed E-state index contributed by atoms with van der Waals surface area (Å²) in [6.07, 6.45) is 0. The first-order chi connectivity index (χ1) is 5.36. The number of quaternary nitrogens is 2. The molecule has 1 amide bonds. The zero-order valence-electron chi connectivity index (χ0n) is 7.45. The number of hydroxylamine groups is 6. The van der Waals surface area contributed by atoms with Crippen LogP contribution in [0.4, 0.5) is 0 Å². The molecular weight excluding hydrogens is 160 g/mol. The second-order valence-corrected chi connectivity index (χ2v) is 3.60. The summed E-state index contributed by atoms with van der Waals surface area (Å²) in [5.41, 5.74) is 0. The van der Waals surface area contributed by atoms with E-state index >= 15 is 0 Å². The summed E-state index contributed by atoms with van der Waals surface area (Å²) in [4.78, 5) is 10.9. The fourth-order valence-corrected chi connectivity index (χ4v) is 1.28. The van der Waals surface area contributed by atoms with Gasteiger partial charge in [-0.2, -0.15) is 0 Å². The first kappa shape index (κ1) is 9.60. The van der Waals surface area contributed by atoms with Crippen LogP contribution >= 0.6 is 0 Å². The van der Waals surface area contributed by atoms with Crippen molar-refractivity contribution in [2.24, 2.45) is 0 Å². The fourth-order valence-electron chi connectivity index (χ4n) is 1.28. The topological polar surface area (TPSA) is 63.2 Å². The lowest BCUT2D eigenvalue weighted by atomic mass is 10.3. The predicted octanol–water partition coefficient (Wildman–Crippen LogP) is -0.195. The van der Waals surface area contributed by atoms with Gasteiger partial charge in [0.1, 0.15) is 26.2 Å². The van der Waals surface area contributed by atoms with E-state index in [1.165, 1.54) is 14.0 Å². The maximum absolute atomic E-state index is 11.5. The maximum Gasteiger partial charge on any atom is 0.310 e. The molecule has 1 heterocycles. The number of rotatable bonds is 0. The summed E-state index contributed by atoms with van der Waals surface area (Å²) in [5, 5.41) is 22.9. The molecule has 1 aliphatic rings. The van der Waals surface area contributed by atoms with E-state index in [1.807, 2.05) is 0 Å². The van der Waals surface area contributed by atoms with Crippen LogP contribution in [0.3, 0.4) is 0 Å². The molecule has 12 heavy (non-hydrogen) atoms. The highest BCUT2D eigenvalue weighted by Gasteiger charge is 2.33. The second kappa shape index (κ2) is 2.77. The number of amides is 1. The fraction of sp³-hybridized carbons (Fsp3) is 0.857. The number of carbonyl (C=O) groups is 1. The smallest absolute Gasteiger partial charge is 0.310 e. The van der Waals surface area contributed by atoms with Gasteiger partial charge in [-0.1, -0.05) is 0 Å². The van der Waals surface area contributed by atoms with E-state index in [1.54, 1.807) is 0 Å². The average Bonchev–Trinajstić information content (AvgIpc) is 1.96. The molecule has 0 bridgehead atoms. The highest BCUT2D eigenvalue weighted by atomic mass is 16.6. The van der Waals surface area contributed by atoms with Gasteiger partial charge in [0.2, 0.25) is 0 Å². The van der Waals surface area contributed by atoms with Gasteiger partial charge in [-0.05, 0) is 0 Å². The Balaban J connectivity index is 2.62. The van der Waals surface area contributed by atoms with Crippen LogP contribution in [0, 0.1) is 10.4 Å². The molecule has 70 valence electrons. The summed E-state index contributed by atoms with van der Waals surface area (Å²) in [6.45, 7) is 2.00. The minimum absolute atomic E-state index is 0.120. The van der Waals surface area contributed by atoms with Crippen molar-refractivity contribution in [2.75, 3.05) is 33.2 Å². The van der Waals surface area contributed by atoms with Gasteiger partial charge in [0.05, 0.1) is 14.0 Å². The number of hydrogen-bond donors (Lipinski definition) is 0. The van der Waals surface area contributed by atoms with Crippen LogP contribution < -0.4 is 0 Å². The van der Waals surface area contributed by atoms with Crippen molar-refractivity contribution in [2.45, 2.75) is 6.92 Å². The van der Waals surface area contributed by atoms with Gasteiger partial charge in [-0.15, -0.1) is 0 Å². The third-order valence-corrected chi connectivity index (χ3v) is 2.44. The lowest BCUT2D eigenvalue weighted by molar-refractivity contribution is -0.948. The highest BCUT2D eigenvalue weighted by Crippen LogP contribution is 2.15. The Morgan fingerprint density at radius 2 is 1.58 bits per heavy atom. The quantitative estimate of drug-likeness (QED) is 0.377. The van der Waals surface area contributed by atoms with Crippen molar-refractivity contribution < 1.29 is 14.1 Å². The van der Waals surface area contributed by atoms with E-state index < -0.39 is 15.2 Å². The van der Waals surface area contributed by atoms with Crippen molar-refractivity contribution >= 4 is 5.91 Å². The zero-order chi connectivity index (χ0) is 9.41. The number of carbonyl (C=O) groups excluding carboxylic acids is 1. The first-order valence-electron chi connectivity index (χ1n) is 4.01. The molecule has 0 spiro atoms. The Bertz CT molecular complexity index is 193. The Morgan fingerprint density at radius 3 is 1.92 bits per heavy atom. The van der Waals surface area contributed by atoms with E-state index in [4.69, 9.17) is 0 Å². The second-order valence-electron chi connectivity index (χ2n) is 3.60. The van der Waals surface area contributed by atoms with Gasteiger partial charge in [0.15, 0.2) is 0 Å². The van der Waals surface area contributed by atoms with E-state index in [0.717, 1.165) is 0 Å². The third-order valence-electron chi connectivity index (χ3n) is 2.44. The average molecular weight is 174 g/mol. The third kappa shape index (κ3) is 1.81. The van der Waals surface area contributed by atoms with Crippen LogP contribution in [0.25, 0.3) is 0 Å². The van der Waals surface area contributed by atoms with Crippen molar-refractivity contribution in [3.63, 3.8) is 0 Å². The van der Waals surface area contributed by atoms with Crippen molar-refractivity contribution in [1.29, 1.82) is 0 Å². The van der Waals surface area contributed by atoms with Gasteiger partial charge >= 0.3 is 5.91 Å². The van der Waals surface area contributed by atoms with E-state index in [9.17, 15) is 15.2 Å². The van der Waals surface area contributed by atoms with E-state index in [2.05, 4.69) is 0 Å². The minimum Gasteiger partial charge on any atom is -0.633 e. The molecule has 0 aromatic rings. The summed E-state index contributed by atoms with van der Waals surface area (Å²) >= 11 is 0. The van der Waals surface area contributed by atoms with E-state index in [0.29, 0.717) is 0 Å². The molecule has 0 atom stereocenters. The molecule has 0 aromatic heterocycles. The predicted molar refractivity (Wildman–Crippen MR) is 43.3 cm³/mol. The number of piperazine rings is 1. The van der Waals surface area contributed by atoms with Crippen molar-refractivity contribution in [3.05, 3.63) is 10.4 Å². The highest BCUT2D eigenvalue weighted by molar-refractivity contribution is 5.65. The molecule has 0 aliphatic carbocycles. The molecule has 0 radical (unpaired) electrons. The number of nitrogens with zero attached hydrogens (tertiary/aromatic N) is 2. The Kier molecular flexibility index (Phi) is 2.22. The summed E-state index contributed by atoms with van der Waals surface area (Å²) in [7, 11) is 1.53. The molecule has 5 nitrogen and oxygen atoms in total. The SMILES string of the molecule is CC(=O)[N+]1([O-])CC[N+](C)([O-])CC1. The molecule has 1 rings (SSSR count). The van der Waals surface area contributed by atoms with Crippen molar-refractivity contribution in [3.8, 4) is 0 Å². The lowest BCUT2D eigenvalue weighted by Crippen LogP contribution is -2.62. The molecule has 0 unspecified atom stereocenters. The number of likely N-dealkylation sites (N-methyl/N-ethyl adjacent to an activating group) is 1. The molecule has 0 aromatic carbocycles.